The molecule has 1 aromatic carbocycles. The van der Waals surface area contributed by atoms with Gasteiger partial charge in [-0.05, 0) is 30.0 Å². The van der Waals surface area contributed by atoms with Gasteiger partial charge in [0.2, 0.25) is 11.8 Å². The zero-order chi connectivity index (χ0) is 18.6. The third-order valence-electron chi connectivity index (χ3n) is 4.20. The Morgan fingerprint density at radius 2 is 1.88 bits per heavy atom. The fourth-order valence-electron chi connectivity index (χ4n) is 2.85. The Hall–Kier alpha value is -1.56. The molecule has 0 radical (unpaired) electrons. The lowest BCUT2D eigenvalue weighted by Crippen LogP contribution is -2.51. The van der Waals surface area contributed by atoms with Gasteiger partial charge in [0.15, 0.2) is 0 Å². The van der Waals surface area contributed by atoms with Crippen molar-refractivity contribution in [1.29, 1.82) is 0 Å². The van der Waals surface area contributed by atoms with Gasteiger partial charge in [0, 0.05) is 18.2 Å². The largest absolute Gasteiger partial charge is 0.350 e. The van der Waals surface area contributed by atoms with Gasteiger partial charge >= 0.3 is 0 Å². The molecular weight excluding hydrogens is 339 g/mol. The third-order valence-corrected chi connectivity index (χ3v) is 5.51. The van der Waals surface area contributed by atoms with Gasteiger partial charge in [-0.3, -0.25) is 9.59 Å². The molecule has 0 bridgehead atoms. The fraction of sp³-hybridized carbons (Fsp3) is 0.579. The van der Waals surface area contributed by atoms with Gasteiger partial charge in [0.25, 0.3) is 0 Å². The summed E-state index contributed by atoms with van der Waals surface area (Å²) in [5, 5.41) is 2.94. The maximum atomic E-state index is 13.0. The number of carbonyl (C=O) groups is 2. The second-order valence-corrected chi connectivity index (χ2v) is 8.39. The summed E-state index contributed by atoms with van der Waals surface area (Å²) in [5.41, 5.74) is 0.834. The van der Waals surface area contributed by atoms with E-state index in [2.05, 4.69) is 19.2 Å². The summed E-state index contributed by atoms with van der Waals surface area (Å²) in [6.07, 6.45) is 0.880. The summed E-state index contributed by atoms with van der Waals surface area (Å²) in [4.78, 5) is 27.1. The number of nitrogens with zero attached hydrogens (tertiary/aromatic N) is 1. The average Bonchev–Trinajstić information content (AvgIpc) is 2.96. The molecule has 0 saturated carbocycles. The van der Waals surface area contributed by atoms with E-state index in [0.29, 0.717) is 18.2 Å². The number of benzene rings is 1. The van der Waals surface area contributed by atoms with Crippen molar-refractivity contribution >= 4 is 23.6 Å². The van der Waals surface area contributed by atoms with E-state index in [-0.39, 0.29) is 28.9 Å². The van der Waals surface area contributed by atoms with Gasteiger partial charge in [-0.25, -0.2) is 4.39 Å². The summed E-state index contributed by atoms with van der Waals surface area (Å²) < 4.78 is 13.0. The Morgan fingerprint density at radius 1 is 1.24 bits per heavy atom. The lowest BCUT2D eigenvalue weighted by Gasteiger charge is -2.31. The maximum absolute atomic E-state index is 13.0. The second kappa shape index (κ2) is 8.70. The van der Waals surface area contributed by atoms with Crippen molar-refractivity contribution < 1.29 is 14.0 Å². The van der Waals surface area contributed by atoms with Crippen LogP contribution >= 0.6 is 11.8 Å². The first-order valence-electron chi connectivity index (χ1n) is 8.75. The molecule has 25 heavy (non-hydrogen) atoms. The maximum Gasteiger partial charge on any atom is 0.243 e. The van der Waals surface area contributed by atoms with E-state index < -0.39 is 6.04 Å². The van der Waals surface area contributed by atoms with E-state index in [0.717, 1.165) is 12.0 Å². The highest BCUT2D eigenvalue weighted by Gasteiger charge is 2.42. The molecule has 1 N–H and O–H groups in total. The van der Waals surface area contributed by atoms with E-state index in [4.69, 9.17) is 0 Å². The Bertz CT molecular complexity index is 604. The van der Waals surface area contributed by atoms with Gasteiger partial charge < -0.3 is 10.2 Å². The molecule has 1 saturated heterocycles. The summed E-state index contributed by atoms with van der Waals surface area (Å²) in [6, 6.07) is 5.61. The highest BCUT2D eigenvalue weighted by Crippen LogP contribution is 2.34. The van der Waals surface area contributed by atoms with Crippen molar-refractivity contribution in [3.05, 3.63) is 35.6 Å². The molecule has 0 spiro atoms. The molecule has 0 aliphatic carbocycles. The molecule has 2 atom stereocenters. The van der Waals surface area contributed by atoms with Crippen LogP contribution in [-0.4, -0.2) is 33.9 Å². The van der Waals surface area contributed by atoms with Gasteiger partial charge in [-0.15, -0.1) is 11.8 Å². The van der Waals surface area contributed by atoms with Gasteiger partial charge in [0.1, 0.15) is 11.9 Å². The predicted molar refractivity (Wildman–Crippen MR) is 99.4 cm³/mol. The van der Waals surface area contributed by atoms with Crippen LogP contribution in [0.4, 0.5) is 4.39 Å². The molecule has 138 valence electrons. The van der Waals surface area contributed by atoms with E-state index in [1.54, 1.807) is 28.8 Å². The van der Waals surface area contributed by atoms with Crippen LogP contribution in [0.15, 0.2) is 24.3 Å². The number of hydrogen-bond acceptors (Lipinski definition) is 3. The molecule has 2 rings (SSSR count). The first-order valence-corrected chi connectivity index (χ1v) is 9.80. The zero-order valence-electron chi connectivity index (χ0n) is 15.3. The third kappa shape index (κ3) is 5.21. The number of rotatable bonds is 6. The smallest absolute Gasteiger partial charge is 0.243 e. The Morgan fingerprint density at radius 3 is 2.44 bits per heavy atom. The van der Waals surface area contributed by atoms with Crippen LogP contribution in [0.2, 0.25) is 0 Å². The number of amides is 2. The molecule has 0 aromatic heterocycles. The monoisotopic (exact) mass is 366 g/mol. The number of hydrogen-bond donors (Lipinski definition) is 1. The topological polar surface area (TPSA) is 49.4 Å². The summed E-state index contributed by atoms with van der Waals surface area (Å²) >= 11 is 1.68. The van der Waals surface area contributed by atoms with Crippen molar-refractivity contribution in [2.75, 3.05) is 5.75 Å². The molecule has 2 amide bonds. The Kier molecular flexibility index (Phi) is 6.87. The first-order chi connectivity index (χ1) is 11.8. The summed E-state index contributed by atoms with van der Waals surface area (Å²) in [5.74, 6) is 0.523. The van der Waals surface area contributed by atoms with Crippen LogP contribution in [0.5, 0.6) is 0 Å². The van der Waals surface area contributed by atoms with Gasteiger partial charge in [0.05, 0.1) is 5.37 Å². The van der Waals surface area contributed by atoms with Crippen molar-refractivity contribution in [3.63, 3.8) is 0 Å². The molecule has 2 unspecified atom stereocenters. The minimum Gasteiger partial charge on any atom is -0.350 e. The predicted octanol–water partition coefficient (Wildman–Crippen LogP) is 3.41. The number of thioether (sulfide) groups is 1. The van der Waals surface area contributed by atoms with Crippen LogP contribution in [0.1, 0.15) is 39.7 Å². The van der Waals surface area contributed by atoms with Crippen LogP contribution in [0.3, 0.4) is 0 Å². The van der Waals surface area contributed by atoms with Crippen molar-refractivity contribution in [3.8, 4) is 0 Å². The lowest BCUT2D eigenvalue weighted by molar-refractivity contribution is -0.142. The second-order valence-electron chi connectivity index (χ2n) is 7.18. The standard InChI is InChI=1S/C19H27FN2O2S/c1-12(2)9-17-22(19(24)13(3)4)16(11-25-17)18(23)21-10-14-5-7-15(20)8-6-14/h5-8,12-13,16-17H,9-11H2,1-4H3,(H,21,23). The minimum absolute atomic E-state index is 0.0255. The van der Waals surface area contributed by atoms with Gasteiger partial charge in [-0.2, -0.15) is 0 Å². The number of halogens is 1. The molecule has 1 aliphatic heterocycles. The summed E-state index contributed by atoms with van der Waals surface area (Å²) in [6.45, 7) is 8.32. The average molecular weight is 367 g/mol. The van der Waals surface area contributed by atoms with E-state index in [1.807, 2.05) is 13.8 Å². The highest BCUT2D eigenvalue weighted by atomic mass is 32.2. The number of carbonyl (C=O) groups excluding carboxylic acids is 2. The molecule has 6 heteroatoms. The summed E-state index contributed by atoms with van der Waals surface area (Å²) in [7, 11) is 0. The van der Waals surface area contributed by atoms with Crippen LogP contribution in [0, 0.1) is 17.7 Å². The molecule has 1 aromatic rings. The fourth-order valence-corrected chi connectivity index (χ4v) is 4.50. The molecular formula is C19H27FN2O2S. The molecule has 1 fully saturated rings. The minimum atomic E-state index is -0.441. The van der Waals surface area contributed by atoms with Crippen LogP contribution in [-0.2, 0) is 16.1 Å². The highest BCUT2D eigenvalue weighted by molar-refractivity contribution is 8.00. The van der Waals surface area contributed by atoms with E-state index >= 15 is 0 Å². The molecule has 1 aliphatic rings. The van der Waals surface area contributed by atoms with Crippen molar-refractivity contribution in [2.24, 2.45) is 11.8 Å². The van der Waals surface area contributed by atoms with Crippen molar-refractivity contribution in [2.45, 2.75) is 52.1 Å². The molecule has 4 nitrogen and oxygen atoms in total. The first kappa shape index (κ1) is 19.8. The Balaban J connectivity index is 2.05. The normalized spacial score (nSPS) is 20.4. The van der Waals surface area contributed by atoms with Crippen molar-refractivity contribution in [1.82, 2.24) is 10.2 Å². The number of nitrogens with one attached hydrogen (secondary N) is 1. The van der Waals surface area contributed by atoms with E-state index in [1.165, 1.54) is 12.1 Å². The Labute approximate surface area is 153 Å². The molecule has 1 heterocycles. The SMILES string of the molecule is CC(C)CC1SCC(C(=O)NCc2ccc(F)cc2)N1C(=O)C(C)C. The zero-order valence-corrected chi connectivity index (χ0v) is 16.1. The quantitative estimate of drug-likeness (QED) is 0.839. The van der Waals surface area contributed by atoms with Gasteiger partial charge in [-0.1, -0.05) is 39.8 Å². The van der Waals surface area contributed by atoms with Crippen LogP contribution < -0.4 is 5.32 Å². The van der Waals surface area contributed by atoms with Crippen LogP contribution in [0.25, 0.3) is 0 Å². The lowest BCUT2D eigenvalue weighted by atomic mass is 10.1. The van der Waals surface area contributed by atoms with E-state index in [9.17, 15) is 14.0 Å².